The number of benzene rings is 1. The van der Waals surface area contributed by atoms with E-state index in [-0.39, 0.29) is 6.04 Å². The van der Waals surface area contributed by atoms with Crippen LogP contribution in [0.3, 0.4) is 0 Å². The first kappa shape index (κ1) is 10.9. The van der Waals surface area contributed by atoms with Crippen molar-refractivity contribution in [3.8, 4) is 0 Å². The molecular formula is C12H11ClN2O. The van der Waals surface area contributed by atoms with Crippen molar-refractivity contribution < 1.29 is 4.74 Å². The Bertz CT molecular complexity index is 480. The molecule has 0 saturated carbocycles. The smallest absolute Gasteiger partial charge is 0.132 e. The van der Waals surface area contributed by atoms with Crippen molar-refractivity contribution in [3.05, 3.63) is 52.8 Å². The number of hydrogen-bond acceptors (Lipinski definition) is 3. The predicted octanol–water partition coefficient (Wildman–Crippen LogP) is 4.01. The van der Waals surface area contributed by atoms with E-state index in [2.05, 4.69) is 5.11 Å². The highest BCUT2D eigenvalue weighted by molar-refractivity contribution is 6.30. The second kappa shape index (κ2) is 4.49. The predicted molar refractivity (Wildman–Crippen MR) is 63.2 cm³/mol. The molecular weight excluding hydrogens is 224 g/mol. The van der Waals surface area contributed by atoms with E-state index in [0.717, 1.165) is 11.3 Å². The first-order valence-electron chi connectivity index (χ1n) is 4.89. The molecule has 1 aromatic rings. The van der Waals surface area contributed by atoms with Gasteiger partial charge in [0.25, 0.3) is 0 Å². The Hall–Kier alpha value is -1.61. The fourth-order valence-electron chi connectivity index (χ4n) is 1.56. The van der Waals surface area contributed by atoms with Gasteiger partial charge in [-0.15, -0.1) is 0 Å². The first-order valence-corrected chi connectivity index (χ1v) is 5.27. The van der Waals surface area contributed by atoms with E-state index in [1.807, 2.05) is 31.2 Å². The normalized spacial score (nSPS) is 19.5. The Labute approximate surface area is 98.9 Å². The second-order valence-corrected chi connectivity index (χ2v) is 3.98. The molecule has 16 heavy (non-hydrogen) atoms. The highest BCUT2D eigenvalue weighted by Crippen LogP contribution is 2.26. The van der Waals surface area contributed by atoms with E-state index in [4.69, 9.17) is 21.9 Å². The fourth-order valence-corrected chi connectivity index (χ4v) is 1.75. The number of nitrogens with one attached hydrogen (secondary N) is 1. The summed E-state index contributed by atoms with van der Waals surface area (Å²) in [5.41, 5.74) is 7.93. The van der Waals surface area contributed by atoms with Crippen molar-refractivity contribution in [2.24, 2.45) is 5.11 Å². The maximum Gasteiger partial charge on any atom is 0.132 e. The quantitative estimate of drug-likeness (QED) is 0.772. The van der Waals surface area contributed by atoms with Crippen molar-refractivity contribution in [1.82, 2.24) is 0 Å². The second-order valence-electron chi connectivity index (χ2n) is 3.54. The molecule has 1 aliphatic rings. The summed E-state index contributed by atoms with van der Waals surface area (Å²) in [6.45, 7) is 1.84. The Morgan fingerprint density at radius 1 is 1.38 bits per heavy atom. The molecule has 82 valence electrons. The van der Waals surface area contributed by atoms with Crippen molar-refractivity contribution in [3.63, 3.8) is 0 Å². The van der Waals surface area contributed by atoms with Gasteiger partial charge in [-0.05, 0) is 31.2 Å². The van der Waals surface area contributed by atoms with E-state index in [1.165, 1.54) is 0 Å². The van der Waals surface area contributed by atoms with Crippen molar-refractivity contribution in [2.75, 3.05) is 0 Å². The van der Waals surface area contributed by atoms with Gasteiger partial charge in [-0.2, -0.15) is 5.11 Å². The number of halogens is 1. The number of ether oxygens (including phenoxy) is 1. The average molecular weight is 235 g/mol. The lowest BCUT2D eigenvalue weighted by molar-refractivity contribution is 0.372. The number of nitrogens with zero attached hydrogens (tertiary/aromatic N) is 1. The van der Waals surface area contributed by atoms with Gasteiger partial charge in [0, 0.05) is 10.6 Å². The monoisotopic (exact) mass is 234 g/mol. The zero-order valence-electron chi connectivity index (χ0n) is 8.77. The van der Waals surface area contributed by atoms with Gasteiger partial charge < -0.3 is 4.74 Å². The van der Waals surface area contributed by atoms with Gasteiger partial charge in [0.05, 0.1) is 5.76 Å². The lowest BCUT2D eigenvalue weighted by Gasteiger charge is -2.17. The molecule has 0 bridgehead atoms. The molecule has 1 N–H and O–H groups in total. The van der Waals surface area contributed by atoms with E-state index in [1.54, 1.807) is 12.2 Å². The van der Waals surface area contributed by atoms with Crippen LogP contribution in [-0.2, 0) is 4.74 Å². The molecule has 0 spiro atoms. The number of rotatable bonds is 2. The highest BCUT2D eigenvalue weighted by atomic mass is 35.5. The van der Waals surface area contributed by atoms with Crippen LogP contribution in [0.4, 0.5) is 0 Å². The van der Waals surface area contributed by atoms with E-state index < -0.39 is 0 Å². The van der Waals surface area contributed by atoms with Gasteiger partial charge in [-0.25, -0.2) is 5.53 Å². The van der Waals surface area contributed by atoms with Crippen molar-refractivity contribution in [2.45, 2.75) is 13.0 Å². The summed E-state index contributed by atoms with van der Waals surface area (Å²) in [5, 5.41) is 4.14. The van der Waals surface area contributed by atoms with E-state index in [9.17, 15) is 0 Å². The SMILES string of the molecule is CC1=CC(N=N)C=C(c2cccc(Cl)c2)O1. The van der Waals surface area contributed by atoms with Gasteiger partial charge in [-0.3, -0.25) is 0 Å². The summed E-state index contributed by atoms with van der Waals surface area (Å²) in [6, 6.07) is 7.17. The Kier molecular flexibility index (Phi) is 3.06. The van der Waals surface area contributed by atoms with Crippen molar-refractivity contribution in [1.29, 1.82) is 5.53 Å². The topological polar surface area (TPSA) is 45.4 Å². The molecule has 1 aliphatic heterocycles. The minimum absolute atomic E-state index is 0.247. The summed E-state index contributed by atoms with van der Waals surface area (Å²) in [4.78, 5) is 0. The highest BCUT2D eigenvalue weighted by Gasteiger charge is 2.14. The molecule has 0 aliphatic carbocycles. The first-order chi connectivity index (χ1) is 7.69. The van der Waals surface area contributed by atoms with Crippen LogP contribution >= 0.6 is 11.6 Å². The summed E-state index contributed by atoms with van der Waals surface area (Å²) in [5.74, 6) is 1.45. The molecule has 0 saturated heterocycles. The standard InChI is InChI=1S/C12H11ClN2O/c1-8-5-11(15-14)7-12(16-8)9-3-2-4-10(13)6-9/h2-7,11,14H,1H3. The molecule has 1 atom stereocenters. The van der Waals surface area contributed by atoms with Gasteiger partial charge in [0.1, 0.15) is 11.8 Å². The van der Waals surface area contributed by atoms with Crippen LogP contribution in [0.2, 0.25) is 5.02 Å². The van der Waals surface area contributed by atoms with E-state index >= 15 is 0 Å². The molecule has 3 nitrogen and oxygen atoms in total. The number of hydrogen-bond donors (Lipinski definition) is 1. The van der Waals surface area contributed by atoms with Crippen LogP contribution in [0.1, 0.15) is 12.5 Å². The third-order valence-electron chi connectivity index (χ3n) is 2.26. The summed E-state index contributed by atoms with van der Waals surface area (Å²) in [7, 11) is 0. The molecule has 1 heterocycles. The van der Waals surface area contributed by atoms with Gasteiger partial charge >= 0.3 is 0 Å². The van der Waals surface area contributed by atoms with Gasteiger partial charge in [0.15, 0.2) is 0 Å². The maximum absolute atomic E-state index is 7.04. The Morgan fingerprint density at radius 3 is 2.88 bits per heavy atom. The molecule has 0 radical (unpaired) electrons. The lowest BCUT2D eigenvalue weighted by atomic mass is 10.1. The van der Waals surface area contributed by atoms with Gasteiger partial charge in [0.2, 0.25) is 0 Å². The van der Waals surface area contributed by atoms with Gasteiger partial charge in [-0.1, -0.05) is 23.7 Å². The van der Waals surface area contributed by atoms with Crippen LogP contribution in [0.25, 0.3) is 5.76 Å². The molecule has 4 heteroatoms. The maximum atomic E-state index is 7.04. The molecule has 0 aromatic heterocycles. The van der Waals surface area contributed by atoms with Crippen LogP contribution in [-0.4, -0.2) is 6.04 Å². The molecule has 2 rings (SSSR count). The largest absolute Gasteiger partial charge is 0.462 e. The third kappa shape index (κ3) is 2.31. The van der Waals surface area contributed by atoms with Crippen molar-refractivity contribution >= 4 is 17.4 Å². The van der Waals surface area contributed by atoms with Crippen LogP contribution in [0, 0.1) is 5.53 Å². The Morgan fingerprint density at radius 2 is 2.19 bits per heavy atom. The molecule has 0 amide bonds. The zero-order chi connectivity index (χ0) is 11.5. The fraction of sp³-hybridized carbons (Fsp3) is 0.167. The molecule has 0 fully saturated rings. The Balaban J connectivity index is 2.35. The van der Waals surface area contributed by atoms with Crippen LogP contribution < -0.4 is 0 Å². The van der Waals surface area contributed by atoms with Crippen LogP contribution in [0.15, 0.2) is 47.3 Å². The van der Waals surface area contributed by atoms with Crippen LogP contribution in [0.5, 0.6) is 0 Å². The summed E-state index contributed by atoms with van der Waals surface area (Å²) in [6.07, 6.45) is 3.59. The summed E-state index contributed by atoms with van der Waals surface area (Å²) >= 11 is 5.91. The van der Waals surface area contributed by atoms with E-state index in [0.29, 0.717) is 10.8 Å². The molecule has 1 unspecified atom stereocenters. The minimum Gasteiger partial charge on any atom is -0.462 e. The third-order valence-corrected chi connectivity index (χ3v) is 2.49. The average Bonchev–Trinajstić information content (AvgIpc) is 2.28. The summed E-state index contributed by atoms with van der Waals surface area (Å²) < 4.78 is 5.58. The minimum atomic E-state index is -0.247. The number of allylic oxidation sites excluding steroid dienone is 1. The lowest BCUT2D eigenvalue weighted by Crippen LogP contribution is -2.06. The zero-order valence-corrected chi connectivity index (χ0v) is 9.53. The molecule has 1 aromatic carbocycles.